The molecule has 1 aromatic heterocycles. The van der Waals surface area contributed by atoms with Crippen molar-refractivity contribution in [2.24, 2.45) is 5.73 Å². The number of hydrogen-bond acceptors (Lipinski definition) is 3. The average Bonchev–Trinajstić information content (AvgIpc) is 2.69. The Morgan fingerprint density at radius 3 is 2.79 bits per heavy atom. The Morgan fingerprint density at radius 2 is 2.29 bits per heavy atom. The van der Waals surface area contributed by atoms with Gasteiger partial charge in [-0.2, -0.15) is 0 Å². The molecule has 0 amide bonds. The van der Waals surface area contributed by atoms with Crippen LogP contribution < -0.4 is 5.73 Å². The van der Waals surface area contributed by atoms with E-state index in [0.717, 1.165) is 19.4 Å². The molecule has 80 valence electrons. The van der Waals surface area contributed by atoms with Gasteiger partial charge in [0.25, 0.3) is 0 Å². The van der Waals surface area contributed by atoms with E-state index in [9.17, 15) is 0 Å². The normalized spacial score (nSPS) is 15.4. The molecule has 1 rings (SSSR count). The number of rotatable bonds is 6. The highest BCUT2D eigenvalue weighted by atomic mass is 32.1. The third-order valence-electron chi connectivity index (χ3n) is 2.23. The van der Waals surface area contributed by atoms with E-state index in [2.05, 4.69) is 18.4 Å². The minimum atomic E-state index is 0.0369. The molecular formula is C11H19NOS. The molecule has 0 aliphatic heterocycles. The van der Waals surface area contributed by atoms with E-state index in [1.54, 1.807) is 11.3 Å². The Morgan fingerprint density at radius 1 is 1.50 bits per heavy atom. The first-order valence-electron chi connectivity index (χ1n) is 5.20. The van der Waals surface area contributed by atoms with E-state index in [-0.39, 0.29) is 12.1 Å². The minimum Gasteiger partial charge on any atom is -0.377 e. The lowest BCUT2D eigenvalue weighted by Crippen LogP contribution is -2.28. The lowest BCUT2D eigenvalue weighted by Gasteiger charge is -2.22. The van der Waals surface area contributed by atoms with Crippen LogP contribution in [0.15, 0.2) is 17.5 Å². The summed E-state index contributed by atoms with van der Waals surface area (Å²) in [5, 5.41) is 2.06. The van der Waals surface area contributed by atoms with Gasteiger partial charge in [0.05, 0.1) is 12.1 Å². The molecule has 0 saturated heterocycles. The highest BCUT2D eigenvalue weighted by molar-refractivity contribution is 7.10. The third-order valence-corrected chi connectivity index (χ3v) is 3.20. The van der Waals surface area contributed by atoms with E-state index in [0.29, 0.717) is 0 Å². The van der Waals surface area contributed by atoms with Gasteiger partial charge in [-0.15, -0.1) is 11.3 Å². The summed E-state index contributed by atoms with van der Waals surface area (Å²) in [4.78, 5) is 1.22. The first kappa shape index (κ1) is 11.7. The van der Waals surface area contributed by atoms with Crippen molar-refractivity contribution in [3.63, 3.8) is 0 Å². The largest absolute Gasteiger partial charge is 0.377 e. The van der Waals surface area contributed by atoms with Crippen molar-refractivity contribution in [3.05, 3.63) is 22.4 Å². The van der Waals surface area contributed by atoms with Crippen molar-refractivity contribution in [2.75, 3.05) is 6.61 Å². The number of hydrogen-bond donors (Lipinski definition) is 1. The average molecular weight is 213 g/mol. The van der Waals surface area contributed by atoms with Crippen LogP contribution in [0.25, 0.3) is 0 Å². The molecule has 0 fully saturated rings. The highest BCUT2D eigenvalue weighted by Crippen LogP contribution is 2.24. The number of ether oxygens (including phenoxy) is 1. The zero-order valence-electron chi connectivity index (χ0n) is 8.90. The highest BCUT2D eigenvalue weighted by Gasteiger charge is 2.19. The molecule has 0 aliphatic rings. The molecule has 2 unspecified atom stereocenters. The minimum absolute atomic E-state index is 0.0369. The SMILES string of the molecule is CCCC(OCC)C(N)c1cccs1. The lowest BCUT2D eigenvalue weighted by molar-refractivity contribution is 0.0382. The van der Waals surface area contributed by atoms with E-state index in [4.69, 9.17) is 10.5 Å². The van der Waals surface area contributed by atoms with Crippen LogP contribution in [0, 0.1) is 0 Å². The molecule has 0 bridgehead atoms. The molecule has 0 aliphatic carbocycles. The summed E-state index contributed by atoms with van der Waals surface area (Å²) in [5.74, 6) is 0. The Hall–Kier alpha value is -0.380. The first-order valence-corrected chi connectivity index (χ1v) is 6.08. The molecule has 2 nitrogen and oxygen atoms in total. The van der Waals surface area contributed by atoms with Crippen LogP contribution in [0.4, 0.5) is 0 Å². The van der Waals surface area contributed by atoms with Crippen LogP contribution in [0.1, 0.15) is 37.6 Å². The van der Waals surface area contributed by atoms with E-state index in [1.807, 2.05) is 13.0 Å². The van der Waals surface area contributed by atoms with Crippen molar-refractivity contribution in [2.45, 2.75) is 38.8 Å². The first-order chi connectivity index (χ1) is 6.79. The fourth-order valence-corrected chi connectivity index (χ4v) is 2.31. The van der Waals surface area contributed by atoms with Gasteiger partial charge in [0.1, 0.15) is 0 Å². The summed E-state index contributed by atoms with van der Waals surface area (Å²) < 4.78 is 5.65. The number of thiophene rings is 1. The molecule has 0 spiro atoms. The predicted molar refractivity (Wildman–Crippen MR) is 61.6 cm³/mol. The van der Waals surface area contributed by atoms with Gasteiger partial charge in [-0.1, -0.05) is 19.4 Å². The van der Waals surface area contributed by atoms with Crippen molar-refractivity contribution in [1.82, 2.24) is 0 Å². The van der Waals surface area contributed by atoms with Gasteiger partial charge >= 0.3 is 0 Å². The van der Waals surface area contributed by atoms with Gasteiger partial charge in [-0.3, -0.25) is 0 Å². The molecule has 0 saturated carbocycles. The fourth-order valence-electron chi connectivity index (χ4n) is 1.53. The van der Waals surface area contributed by atoms with Gasteiger partial charge in [-0.25, -0.2) is 0 Å². The summed E-state index contributed by atoms with van der Waals surface area (Å²) >= 11 is 1.71. The van der Waals surface area contributed by atoms with E-state index in [1.165, 1.54) is 4.88 Å². The zero-order valence-corrected chi connectivity index (χ0v) is 9.72. The van der Waals surface area contributed by atoms with Crippen molar-refractivity contribution in [3.8, 4) is 0 Å². The standard InChI is InChI=1S/C11H19NOS/c1-3-6-9(13-4-2)11(12)10-7-5-8-14-10/h5,7-9,11H,3-4,6,12H2,1-2H3. The van der Waals surface area contributed by atoms with Gasteiger partial charge in [0.2, 0.25) is 0 Å². The van der Waals surface area contributed by atoms with Gasteiger partial charge in [0.15, 0.2) is 0 Å². The summed E-state index contributed by atoms with van der Waals surface area (Å²) in [5.41, 5.74) is 6.14. The Kier molecular flexibility index (Phi) is 5.15. The van der Waals surface area contributed by atoms with E-state index >= 15 is 0 Å². The quantitative estimate of drug-likeness (QED) is 0.788. The third kappa shape index (κ3) is 3.08. The maximum atomic E-state index is 6.14. The van der Waals surface area contributed by atoms with Crippen LogP contribution >= 0.6 is 11.3 Å². The van der Waals surface area contributed by atoms with Crippen molar-refractivity contribution < 1.29 is 4.74 Å². The fraction of sp³-hybridized carbons (Fsp3) is 0.636. The maximum absolute atomic E-state index is 6.14. The lowest BCUT2D eigenvalue weighted by atomic mass is 10.1. The van der Waals surface area contributed by atoms with Crippen LogP contribution in [-0.4, -0.2) is 12.7 Å². The van der Waals surface area contributed by atoms with Crippen LogP contribution in [-0.2, 0) is 4.74 Å². The molecule has 3 heteroatoms. The molecule has 1 heterocycles. The maximum Gasteiger partial charge on any atom is 0.0775 e. The smallest absolute Gasteiger partial charge is 0.0775 e. The summed E-state index contributed by atoms with van der Waals surface area (Å²) in [6.07, 6.45) is 2.32. The number of nitrogens with two attached hydrogens (primary N) is 1. The van der Waals surface area contributed by atoms with Crippen LogP contribution in [0.2, 0.25) is 0 Å². The molecule has 0 aromatic carbocycles. The Bertz CT molecular complexity index is 229. The second kappa shape index (κ2) is 6.17. The molecule has 14 heavy (non-hydrogen) atoms. The molecule has 2 N–H and O–H groups in total. The summed E-state index contributed by atoms with van der Waals surface area (Å²) in [6, 6.07) is 4.15. The van der Waals surface area contributed by atoms with Gasteiger partial charge in [-0.05, 0) is 24.8 Å². The summed E-state index contributed by atoms with van der Waals surface area (Å²) in [6.45, 7) is 4.92. The second-order valence-corrected chi connectivity index (χ2v) is 4.30. The van der Waals surface area contributed by atoms with Crippen molar-refractivity contribution in [1.29, 1.82) is 0 Å². The van der Waals surface area contributed by atoms with Crippen LogP contribution in [0.3, 0.4) is 0 Å². The van der Waals surface area contributed by atoms with Crippen molar-refractivity contribution >= 4 is 11.3 Å². The Labute approximate surface area is 90.1 Å². The predicted octanol–water partition coefficient (Wildman–Crippen LogP) is 2.95. The zero-order chi connectivity index (χ0) is 10.4. The van der Waals surface area contributed by atoms with Crippen LogP contribution in [0.5, 0.6) is 0 Å². The van der Waals surface area contributed by atoms with E-state index < -0.39 is 0 Å². The second-order valence-electron chi connectivity index (χ2n) is 3.32. The molecule has 1 aromatic rings. The summed E-state index contributed by atoms with van der Waals surface area (Å²) in [7, 11) is 0. The Balaban J connectivity index is 2.58. The van der Waals surface area contributed by atoms with Gasteiger partial charge < -0.3 is 10.5 Å². The molecular weight excluding hydrogens is 194 g/mol. The topological polar surface area (TPSA) is 35.2 Å². The monoisotopic (exact) mass is 213 g/mol. The molecule has 2 atom stereocenters. The molecule has 0 radical (unpaired) electrons. The van der Waals surface area contributed by atoms with Gasteiger partial charge in [0, 0.05) is 11.5 Å².